The Bertz CT molecular complexity index is 521. The summed E-state index contributed by atoms with van der Waals surface area (Å²) >= 11 is 0. The minimum Gasteiger partial charge on any atom is -0.366 e. The van der Waals surface area contributed by atoms with Gasteiger partial charge in [0, 0.05) is 5.56 Å². The molecular formula is C16H20N2O. The van der Waals surface area contributed by atoms with Crippen molar-refractivity contribution in [1.82, 2.24) is 5.32 Å². The monoisotopic (exact) mass is 256 g/mol. The number of amides is 1. The molecular weight excluding hydrogens is 236 g/mol. The second-order valence-corrected chi connectivity index (χ2v) is 5.46. The van der Waals surface area contributed by atoms with Crippen molar-refractivity contribution in [2.24, 2.45) is 11.7 Å². The van der Waals surface area contributed by atoms with Crippen LogP contribution in [-0.2, 0) is 0 Å². The second kappa shape index (κ2) is 5.17. The van der Waals surface area contributed by atoms with Gasteiger partial charge in [0.05, 0.1) is 6.04 Å². The van der Waals surface area contributed by atoms with Gasteiger partial charge in [-0.05, 0) is 55.3 Å². The third-order valence-electron chi connectivity index (χ3n) is 4.32. The van der Waals surface area contributed by atoms with Gasteiger partial charge in [0.15, 0.2) is 0 Å². The summed E-state index contributed by atoms with van der Waals surface area (Å²) in [7, 11) is 0. The number of piperidine rings is 1. The number of nitrogens with two attached hydrogens (primary N) is 1. The molecule has 0 radical (unpaired) electrons. The van der Waals surface area contributed by atoms with E-state index in [0.29, 0.717) is 11.5 Å². The molecule has 2 atom stereocenters. The molecule has 0 aromatic heterocycles. The molecule has 3 nitrogen and oxygen atoms in total. The van der Waals surface area contributed by atoms with E-state index in [-0.39, 0.29) is 11.9 Å². The van der Waals surface area contributed by atoms with Gasteiger partial charge in [-0.1, -0.05) is 24.3 Å². The van der Waals surface area contributed by atoms with Crippen molar-refractivity contribution < 1.29 is 4.79 Å². The lowest BCUT2D eigenvalue weighted by molar-refractivity contribution is 0.0998. The topological polar surface area (TPSA) is 55.1 Å². The van der Waals surface area contributed by atoms with E-state index < -0.39 is 0 Å². The van der Waals surface area contributed by atoms with Gasteiger partial charge in [0.1, 0.15) is 0 Å². The van der Waals surface area contributed by atoms with Crippen LogP contribution in [0.2, 0.25) is 0 Å². The van der Waals surface area contributed by atoms with E-state index in [1.54, 1.807) is 0 Å². The van der Waals surface area contributed by atoms with E-state index in [2.05, 4.69) is 11.4 Å². The normalized spacial score (nSPS) is 26.4. The largest absolute Gasteiger partial charge is 0.366 e. The maximum atomic E-state index is 11.6. The van der Waals surface area contributed by atoms with Gasteiger partial charge in [-0.3, -0.25) is 4.79 Å². The molecule has 3 N–H and O–H groups in total. The molecule has 1 saturated heterocycles. The average Bonchev–Trinajstić information content (AvgIpc) is 2.46. The smallest absolute Gasteiger partial charge is 0.249 e. The molecule has 19 heavy (non-hydrogen) atoms. The van der Waals surface area contributed by atoms with Crippen molar-refractivity contribution in [2.75, 3.05) is 6.54 Å². The average molecular weight is 256 g/mol. The summed E-state index contributed by atoms with van der Waals surface area (Å²) in [6.45, 7) is 1.01. The van der Waals surface area contributed by atoms with E-state index in [9.17, 15) is 4.79 Å². The first kappa shape index (κ1) is 12.4. The number of rotatable bonds is 2. The molecule has 1 aromatic rings. The van der Waals surface area contributed by atoms with Gasteiger partial charge in [-0.25, -0.2) is 0 Å². The Morgan fingerprint density at radius 3 is 2.95 bits per heavy atom. The van der Waals surface area contributed by atoms with Crippen LogP contribution in [0.5, 0.6) is 0 Å². The Balaban J connectivity index is 2.01. The summed E-state index contributed by atoms with van der Waals surface area (Å²) in [6, 6.07) is 7.88. The first-order chi connectivity index (χ1) is 9.27. The van der Waals surface area contributed by atoms with Gasteiger partial charge >= 0.3 is 0 Å². The molecule has 1 fully saturated rings. The summed E-state index contributed by atoms with van der Waals surface area (Å²) in [5, 5.41) is 3.55. The van der Waals surface area contributed by atoms with Gasteiger partial charge in [0.25, 0.3) is 0 Å². The van der Waals surface area contributed by atoms with Crippen LogP contribution < -0.4 is 11.1 Å². The first-order valence-corrected chi connectivity index (χ1v) is 7.09. The van der Waals surface area contributed by atoms with Gasteiger partial charge in [0.2, 0.25) is 5.91 Å². The molecule has 2 unspecified atom stereocenters. The molecule has 100 valence electrons. The van der Waals surface area contributed by atoms with E-state index in [4.69, 9.17) is 5.73 Å². The van der Waals surface area contributed by atoms with Crippen molar-refractivity contribution >= 4 is 5.91 Å². The van der Waals surface area contributed by atoms with E-state index in [1.807, 2.05) is 24.3 Å². The van der Waals surface area contributed by atoms with Crippen molar-refractivity contribution in [2.45, 2.75) is 31.7 Å². The molecule has 1 aromatic carbocycles. The summed E-state index contributed by atoms with van der Waals surface area (Å²) in [6.07, 6.45) is 7.30. The van der Waals surface area contributed by atoms with Gasteiger partial charge in [-0.15, -0.1) is 0 Å². The lowest BCUT2D eigenvalue weighted by Gasteiger charge is -2.37. The number of fused-ring (bicyclic) bond motifs is 1. The Kier molecular flexibility index (Phi) is 3.38. The van der Waals surface area contributed by atoms with Crippen molar-refractivity contribution in [1.29, 1.82) is 0 Å². The zero-order chi connectivity index (χ0) is 13.2. The maximum absolute atomic E-state index is 11.6. The Morgan fingerprint density at radius 1 is 1.26 bits per heavy atom. The Labute approximate surface area is 113 Å². The molecule has 0 spiro atoms. The van der Waals surface area contributed by atoms with Crippen LogP contribution in [-0.4, -0.2) is 12.5 Å². The molecule has 1 aliphatic carbocycles. The molecule has 0 saturated carbocycles. The van der Waals surface area contributed by atoms with Crippen LogP contribution in [0, 0.1) is 5.92 Å². The molecule has 2 aliphatic rings. The summed E-state index contributed by atoms with van der Waals surface area (Å²) in [5.41, 5.74) is 8.65. The standard InChI is InChI=1S/C16H20N2O/c17-16(19)14-8-4-3-7-13(14)15-12-6-2-1-5-11(12)9-10-18-15/h3-4,6-8,11,15,18H,1-2,5,9-10H2,(H2,17,19). The fourth-order valence-corrected chi connectivity index (χ4v) is 3.41. The lowest BCUT2D eigenvalue weighted by atomic mass is 9.76. The number of carbonyl (C=O) groups is 1. The highest BCUT2D eigenvalue weighted by atomic mass is 16.1. The fourth-order valence-electron chi connectivity index (χ4n) is 3.41. The zero-order valence-electron chi connectivity index (χ0n) is 11.1. The van der Waals surface area contributed by atoms with Crippen LogP contribution in [0.15, 0.2) is 35.9 Å². The highest BCUT2D eigenvalue weighted by Gasteiger charge is 2.31. The quantitative estimate of drug-likeness (QED) is 0.799. The Hall–Kier alpha value is -1.61. The molecule has 1 heterocycles. The highest BCUT2D eigenvalue weighted by Crippen LogP contribution is 2.39. The van der Waals surface area contributed by atoms with Crippen LogP contribution in [0.3, 0.4) is 0 Å². The maximum Gasteiger partial charge on any atom is 0.249 e. The predicted molar refractivity (Wildman–Crippen MR) is 75.7 cm³/mol. The number of primary amides is 1. The number of hydrogen-bond acceptors (Lipinski definition) is 2. The summed E-state index contributed by atoms with van der Waals surface area (Å²) < 4.78 is 0. The number of carbonyl (C=O) groups excluding carboxylic acids is 1. The number of nitrogens with one attached hydrogen (secondary N) is 1. The van der Waals surface area contributed by atoms with Crippen molar-refractivity contribution in [3.63, 3.8) is 0 Å². The third-order valence-corrected chi connectivity index (χ3v) is 4.32. The van der Waals surface area contributed by atoms with E-state index in [0.717, 1.165) is 18.5 Å². The molecule has 3 heteroatoms. The van der Waals surface area contributed by atoms with Crippen LogP contribution in [0.25, 0.3) is 0 Å². The molecule has 1 aliphatic heterocycles. The zero-order valence-corrected chi connectivity index (χ0v) is 11.1. The highest BCUT2D eigenvalue weighted by molar-refractivity contribution is 5.94. The van der Waals surface area contributed by atoms with Crippen LogP contribution in [0.4, 0.5) is 0 Å². The second-order valence-electron chi connectivity index (χ2n) is 5.46. The molecule has 0 bridgehead atoms. The summed E-state index contributed by atoms with van der Waals surface area (Å²) in [5.74, 6) is 0.344. The first-order valence-electron chi connectivity index (χ1n) is 7.09. The fraction of sp³-hybridized carbons (Fsp3) is 0.438. The van der Waals surface area contributed by atoms with Crippen molar-refractivity contribution in [3.05, 3.63) is 47.0 Å². The van der Waals surface area contributed by atoms with E-state index >= 15 is 0 Å². The number of allylic oxidation sites excluding steroid dienone is 1. The minimum absolute atomic E-state index is 0.169. The van der Waals surface area contributed by atoms with E-state index in [1.165, 1.54) is 24.8 Å². The molecule has 3 rings (SSSR count). The predicted octanol–water partition coefficient (Wildman–Crippen LogP) is 2.55. The molecule has 1 amide bonds. The number of benzene rings is 1. The van der Waals surface area contributed by atoms with Gasteiger partial charge < -0.3 is 11.1 Å². The van der Waals surface area contributed by atoms with Crippen molar-refractivity contribution in [3.8, 4) is 0 Å². The number of hydrogen-bond donors (Lipinski definition) is 2. The van der Waals surface area contributed by atoms with Crippen LogP contribution >= 0.6 is 0 Å². The summed E-state index contributed by atoms with van der Waals surface area (Å²) in [4.78, 5) is 11.6. The minimum atomic E-state index is -0.337. The van der Waals surface area contributed by atoms with Gasteiger partial charge in [-0.2, -0.15) is 0 Å². The third kappa shape index (κ3) is 2.30. The SMILES string of the molecule is NC(=O)c1ccccc1C1NCCC2CCCC=C21. The van der Waals surface area contributed by atoms with Crippen LogP contribution in [0.1, 0.15) is 47.6 Å². The lowest BCUT2D eigenvalue weighted by Crippen LogP contribution is -2.36. The Morgan fingerprint density at radius 2 is 2.11 bits per heavy atom.